The first-order valence-corrected chi connectivity index (χ1v) is 9.26. The number of nitrogens with one attached hydrogen (secondary N) is 1. The lowest BCUT2D eigenvalue weighted by Gasteiger charge is -2.12. The Balaban J connectivity index is 0.000000488. The van der Waals surface area contributed by atoms with Gasteiger partial charge in [0.2, 0.25) is 0 Å². The molecule has 4 nitrogen and oxygen atoms in total. The molecule has 0 saturated carbocycles. The van der Waals surface area contributed by atoms with Gasteiger partial charge in [-0.15, -0.1) is 0 Å². The average Bonchev–Trinajstić information content (AvgIpc) is 3.18. The highest BCUT2D eigenvalue weighted by Gasteiger charge is 2.10. The van der Waals surface area contributed by atoms with Crippen LogP contribution in [0.3, 0.4) is 0 Å². The summed E-state index contributed by atoms with van der Waals surface area (Å²) in [5, 5.41) is 3.22. The normalized spacial score (nSPS) is 13.3. The maximum absolute atomic E-state index is 11.8. The Labute approximate surface area is 146 Å². The number of hydrogen-bond donors (Lipinski definition) is 1. The molecule has 1 aliphatic heterocycles. The zero-order chi connectivity index (χ0) is 17.6. The van der Waals surface area contributed by atoms with Crippen molar-refractivity contribution in [2.45, 2.75) is 52.9 Å². The number of hydrogen-bond acceptors (Lipinski definition) is 4. The minimum atomic E-state index is -0.178. The quantitative estimate of drug-likeness (QED) is 0.585. The van der Waals surface area contributed by atoms with Crippen molar-refractivity contribution in [3.05, 3.63) is 34.9 Å². The van der Waals surface area contributed by atoms with Crippen LogP contribution in [0.1, 0.15) is 50.3 Å². The summed E-state index contributed by atoms with van der Waals surface area (Å²) in [6, 6.07) is 6.16. The SMILES string of the molecule is C1CCNC1.CCOCCOC(=O)Cc1cccc(CC)c1CC. The topological polar surface area (TPSA) is 47.6 Å². The van der Waals surface area contributed by atoms with Crippen LogP contribution in [0.15, 0.2) is 18.2 Å². The summed E-state index contributed by atoms with van der Waals surface area (Å²) in [7, 11) is 0. The minimum absolute atomic E-state index is 0.178. The molecule has 0 bridgehead atoms. The maximum Gasteiger partial charge on any atom is 0.310 e. The van der Waals surface area contributed by atoms with E-state index in [9.17, 15) is 4.79 Å². The molecule has 1 aliphatic rings. The van der Waals surface area contributed by atoms with E-state index in [2.05, 4.69) is 25.2 Å². The van der Waals surface area contributed by atoms with Gasteiger partial charge in [-0.05, 0) is 62.4 Å². The third-order valence-electron chi connectivity index (χ3n) is 4.09. The van der Waals surface area contributed by atoms with Crippen molar-refractivity contribution in [1.29, 1.82) is 0 Å². The van der Waals surface area contributed by atoms with Crippen LogP contribution in [0.5, 0.6) is 0 Å². The lowest BCUT2D eigenvalue weighted by atomic mass is 9.95. The van der Waals surface area contributed by atoms with Gasteiger partial charge in [-0.25, -0.2) is 0 Å². The smallest absolute Gasteiger partial charge is 0.310 e. The zero-order valence-electron chi connectivity index (χ0n) is 15.5. The van der Waals surface area contributed by atoms with Gasteiger partial charge in [0.25, 0.3) is 0 Å². The average molecular weight is 335 g/mol. The van der Waals surface area contributed by atoms with E-state index in [0.717, 1.165) is 18.4 Å². The predicted molar refractivity (Wildman–Crippen MR) is 98.5 cm³/mol. The Bertz CT molecular complexity index is 462. The fraction of sp³-hybridized carbons (Fsp3) is 0.650. The highest BCUT2D eigenvalue weighted by atomic mass is 16.6. The Hall–Kier alpha value is -1.39. The molecule has 1 heterocycles. The van der Waals surface area contributed by atoms with Gasteiger partial charge in [0.1, 0.15) is 6.61 Å². The Kier molecular flexibility index (Phi) is 11.2. The molecule has 4 heteroatoms. The summed E-state index contributed by atoms with van der Waals surface area (Å²) in [5.74, 6) is -0.178. The largest absolute Gasteiger partial charge is 0.463 e. The van der Waals surface area contributed by atoms with Gasteiger partial charge in [0.15, 0.2) is 0 Å². The van der Waals surface area contributed by atoms with Crippen molar-refractivity contribution in [2.75, 3.05) is 32.9 Å². The molecule has 24 heavy (non-hydrogen) atoms. The number of esters is 1. The molecule has 1 aromatic rings. The van der Waals surface area contributed by atoms with Crippen molar-refractivity contribution in [3.8, 4) is 0 Å². The van der Waals surface area contributed by atoms with Crippen molar-refractivity contribution >= 4 is 5.97 Å². The molecular weight excluding hydrogens is 302 g/mol. The highest BCUT2D eigenvalue weighted by molar-refractivity contribution is 5.73. The molecule has 0 radical (unpaired) electrons. The highest BCUT2D eigenvalue weighted by Crippen LogP contribution is 2.17. The van der Waals surface area contributed by atoms with Gasteiger partial charge in [-0.2, -0.15) is 0 Å². The van der Waals surface area contributed by atoms with Gasteiger partial charge < -0.3 is 14.8 Å². The summed E-state index contributed by atoms with van der Waals surface area (Å²) in [6.45, 7) is 10.1. The fourth-order valence-electron chi connectivity index (χ4n) is 2.83. The fourth-order valence-corrected chi connectivity index (χ4v) is 2.83. The van der Waals surface area contributed by atoms with Crippen molar-refractivity contribution < 1.29 is 14.3 Å². The first-order valence-electron chi connectivity index (χ1n) is 9.26. The number of benzene rings is 1. The number of ether oxygens (including phenoxy) is 2. The summed E-state index contributed by atoms with van der Waals surface area (Å²) < 4.78 is 10.3. The third-order valence-corrected chi connectivity index (χ3v) is 4.09. The molecule has 0 aromatic heterocycles. The van der Waals surface area contributed by atoms with Crippen molar-refractivity contribution in [2.24, 2.45) is 0 Å². The van der Waals surface area contributed by atoms with Gasteiger partial charge in [0.05, 0.1) is 13.0 Å². The van der Waals surface area contributed by atoms with Crippen LogP contribution in [0.2, 0.25) is 0 Å². The van der Waals surface area contributed by atoms with Crippen LogP contribution in [0.4, 0.5) is 0 Å². The van der Waals surface area contributed by atoms with E-state index in [0.29, 0.717) is 26.2 Å². The molecule has 1 aromatic carbocycles. The number of carbonyl (C=O) groups excluding carboxylic acids is 1. The summed E-state index contributed by atoms with van der Waals surface area (Å²) >= 11 is 0. The van der Waals surface area contributed by atoms with Gasteiger partial charge in [0, 0.05) is 6.61 Å². The first kappa shape index (κ1) is 20.7. The van der Waals surface area contributed by atoms with E-state index in [1.165, 1.54) is 37.1 Å². The molecule has 2 rings (SSSR count). The zero-order valence-corrected chi connectivity index (χ0v) is 15.5. The molecule has 136 valence electrons. The Morgan fingerprint density at radius 2 is 1.75 bits per heavy atom. The molecular formula is C20H33NO3. The molecule has 0 spiro atoms. The number of rotatable bonds is 8. The van der Waals surface area contributed by atoms with Crippen LogP contribution in [0, 0.1) is 0 Å². The predicted octanol–water partition coefficient (Wildman–Crippen LogP) is 3.30. The van der Waals surface area contributed by atoms with Crippen LogP contribution in [0.25, 0.3) is 0 Å². The third kappa shape index (κ3) is 7.93. The maximum atomic E-state index is 11.8. The van der Waals surface area contributed by atoms with Crippen molar-refractivity contribution in [3.63, 3.8) is 0 Å². The second kappa shape index (κ2) is 13.0. The lowest BCUT2D eigenvalue weighted by molar-refractivity contribution is -0.144. The standard InChI is InChI=1S/C16H24O3.C4H9N/c1-4-13-8-7-9-14(15(13)5-2)12-16(17)19-11-10-18-6-3;1-2-4-5-3-1/h7-9H,4-6,10-12H2,1-3H3;5H,1-4H2. The summed E-state index contributed by atoms with van der Waals surface area (Å²) in [6.07, 6.45) is 5.07. The Morgan fingerprint density at radius 1 is 1.04 bits per heavy atom. The van der Waals surface area contributed by atoms with E-state index in [4.69, 9.17) is 9.47 Å². The second-order valence-electron chi connectivity index (χ2n) is 5.81. The monoisotopic (exact) mass is 335 g/mol. The van der Waals surface area contributed by atoms with Gasteiger partial charge in [-0.3, -0.25) is 4.79 Å². The van der Waals surface area contributed by atoms with E-state index >= 15 is 0 Å². The Morgan fingerprint density at radius 3 is 2.29 bits per heavy atom. The van der Waals surface area contributed by atoms with Crippen LogP contribution in [-0.2, 0) is 33.5 Å². The van der Waals surface area contributed by atoms with E-state index in [-0.39, 0.29) is 5.97 Å². The van der Waals surface area contributed by atoms with Gasteiger partial charge in [-0.1, -0.05) is 32.0 Å². The minimum Gasteiger partial charge on any atom is -0.463 e. The van der Waals surface area contributed by atoms with E-state index in [1.807, 2.05) is 19.1 Å². The van der Waals surface area contributed by atoms with Crippen LogP contribution >= 0.6 is 0 Å². The molecule has 0 aliphatic carbocycles. The molecule has 0 amide bonds. The number of aryl methyl sites for hydroxylation is 1. The number of carbonyl (C=O) groups is 1. The first-order chi connectivity index (χ1) is 11.7. The summed E-state index contributed by atoms with van der Waals surface area (Å²) in [4.78, 5) is 11.8. The van der Waals surface area contributed by atoms with Crippen molar-refractivity contribution in [1.82, 2.24) is 5.32 Å². The van der Waals surface area contributed by atoms with Crippen LogP contribution < -0.4 is 5.32 Å². The molecule has 1 fully saturated rings. The lowest BCUT2D eigenvalue weighted by Crippen LogP contribution is -2.14. The summed E-state index contributed by atoms with van der Waals surface area (Å²) in [5.41, 5.74) is 3.69. The van der Waals surface area contributed by atoms with E-state index in [1.54, 1.807) is 0 Å². The van der Waals surface area contributed by atoms with Gasteiger partial charge >= 0.3 is 5.97 Å². The molecule has 1 N–H and O–H groups in total. The van der Waals surface area contributed by atoms with Crippen LogP contribution in [-0.4, -0.2) is 38.9 Å². The van der Waals surface area contributed by atoms with E-state index < -0.39 is 0 Å². The second-order valence-corrected chi connectivity index (χ2v) is 5.81. The molecule has 0 atom stereocenters. The molecule has 0 unspecified atom stereocenters. The molecule has 1 saturated heterocycles.